The lowest BCUT2D eigenvalue weighted by atomic mass is 9.63. The number of halogens is 1. The Hall–Kier alpha value is -0.630. The van der Waals surface area contributed by atoms with Crippen LogP contribution in [0.2, 0.25) is 0 Å². The van der Waals surface area contributed by atoms with E-state index in [1.54, 1.807) is 0 Å². The van der Waals surface area contributed by atoms with Gasteiger partial charge < -0.3 is 4.79 Å². The quantitative estimate of drug-likeness (QED) is 0.573. The summed E-state index contributed by atoms with van der Waals surface area (Å²) in [5.41, 5.74) is 4.35. The molecule has 0 aliphatic heterocycles. The van der Waals surface area contributed by atoms with Gasteiger partial charge in [-0.1, -0.05) is 61.8 Å². The third kappa shape index (κ3) is 2.27. The summed E-state index contributed by atoms with van der Waals surface area (Å²) in [7, 11) is 0. The normalized spacial score (nSPS) is 22.1. The standard InChI is InChI=1S/C16H21BrO/c1-15(2)7-8-16(3,4)13-9-11(14(17)10-18)5-6-12(13)15/h5-6,9-10,14H,7-8H2,1-4H3. The minimum Gasteiger partial charge on any atom is -0.302 e. The predicted molar refractivity (Wildman–Crippen MR) is 79.5 cm³/mol. The molecule has 2 heteroatoms. The lowest BCUT2D eigenvalue weighted by Gasteiger charge is -2.42. The van der Waals surface area contributed by atoms with Crippen LogP contribution in [0, 0.1) is 0 Å². The van der Waals surface area contributed by atoms with Crippen LogP contribution in [0.1, 0.15) is 62.1 Å². The maximum Gasteiger partial charge on any atom is 0.138 e. The van der Waals surface area contributed by atoms with Crippen LogP contribution in [0.25, 0.3) is 0 Å². The van der Waals surface area contributed by atoms with Gasteiger partial charge in [-0.15, -0.1) is 0 Å². The van der Waals surface area contributed by atoms with E-state index in [2.05, 4.69) is 61.8 Å². The Bertz CT molecular complexity index is 474. The molecule has 1 unspecified atom stereocenters. The van der Waals surface area contributed by atoms with Gasteiger partial charge in [0.25, 0.3) is 0 Å². The highest BCUT2D eigenvalue weighted by Gasteiger charge is 2.37. The molecule has 0 bridgehead atoms. The minimum absolute atomic E-state index is 0.191. The van der Waals surface area contributed by atoms with Crippen molar-refractivity contribution in [3.63, 3.8) is 0 Å². The van der Waals surface area contributed by atoms with Crippen molar-refractivity contribution in [2.45, 2.75) is 56.2 Å². The van der Waals surface area contributed by atoms with Crippen LogP contribution in [0.3, 0.4) is 0 Å². The molecule has 98 valence electrons. The SMILES string of the molecule is CC1(C)CCC(C)(C)c2cc(C(Br)C=O)ccc21. The molecule has 0 spiro atoms. The van der Waals surface area contributed by atoms with Gasteiger partial charge in [-0.05, 0) is 40.4 Å². The molecule has 0 heterocycles. The molecule has 1 aliphatic rings. The number of alkyl halides is 1. The maximum atomic E-state index is 10.9. The van der Waals surface area contributed by atoms with Crippen LogP contribution >= 0.6 is 15.9 Å². The van der Waals surface area contributed by atoms with E-state index >= 15 is 0 Å². The van der Waals surface area contributed by atoms with E-state index in [-0.39, 0.29) is 15.7 Å². The lowest BCUT2D eigenvalue weighted by molar-refractivity contribution is -0.107. The van der Waals surface area contributed by atoms with Crippen molar-refractivity contribution in [1.82, 2.24) is 0 Å². The fourth-order valence-electron chi connectivity index (χ4n) is 2.86. The fraction of sp³-hybridized carbons (Fsp3) is 0.562. The molecule has 0 saturated heterocycles. The first-order valence-electron chi connectivity index (χ1n) is 6.52. The maximum absolute atomic E-state index is 10.9. The van der Waals surface area contributed by atoms with Gasteiger partial charge in [0.1, 0.15) is 6.29 Å². The van der Waals surface area contributed by atoms with Crippen LogP contribution in [-0.2, 0) is 15.6 Å². The van der Waals surface area contributed by atoms with Crippen LogP contribution in [0.15, 0.2) is 18.2 Å². The largest absolute Gasteiger partial charge is 0.302 e. The first kappa shape index (κ1) is 13.8. The van der Waals surface area contributed by atoms with Crippen LogP contribution in [-0.4, -0.2) is 6.29 Å². The summed E-state index contributed by atoms with van der Waals surface area (Å²) in [5.74, 6) is 0. The number of hydrogen-bond donors (Lipinski definition) is 0. The van der Waals surface area contributed by atoms with Crippen LogP contribution in [0.5, 0.6) is 0 Å². The number of hydrogen-bond acceptors (Lipinski definition) is 1. The van der Waals surface area contributed by atoms with E-state index in [0.717, 1.165) is 11.8 Å². The third-order valence-electron chi connectivity index (χ3n) is 4.31. The summed E-state index contributed by atoms with van der Waals surface area (Å²) < 4.78 is 0. The Balaban J connectivity index is 2.58. The Morgan fingerprint density at radius 2 is 1.67 bits per heavy atom. The molecule has 1 nitrogen and oxygen atoms in total. The van der Waals surface area contributed by atoms with Gasteiger partial charge >= 0.3 is 0 Å². The molecule has 0 saturated carbocycles. The van der Waals surface area contributed by atoms with Gasteiger partial charge in [0.05, 0.1) is 4.83 Å². The predicted octanol–water partition coefficient (Wildman–Crippen LogP) is 4.67. The second kappa shape index (κ2) is 4.48. The molecule has 18 heavy (non-hydrogen) atoms. The molecule has 0 fully saturated rings. The molecule has 0 N–H and O–H groups in total. The van der Waals surface area contributed by atoms with E-state index in [4.69, 9.17) is 0 Å². The first-order valence-corrected chi connectivity index (χ1v) is 7.44. The van der Waals surface area contributed by atoms with E-state index < -0.39 is 0 Å². The van der Waals surface area contributed by atoms with Gasteiger partial charge in [0.15, 0.2) is 0 Å². The van der Waals surface area contributed by atoms with Crippen molar-refractivity contribution in [1.29, 1.82) is 0 Å². The zero-order chi connectivity index (χ0) is 13.6. The first-order chi connectivity index (χ1) is 8.28. The van der Waals surface area contributed by atoms with Crippen molar-refractivity contribution < 1.29 is 4.79 Å². The van der Waals surface area contributed by atoms with Crippen LogP contribution in [0.4, 0.5) is 0 Å². The molecule has 1 aliphatic carbocycles. The van der Waals surface area contributed by atoms with Crippen LogP contribution < -0.4 is 0 Å². The highest BCUT2D eigenvalue weighted by atomic mass is 79.9. The molecule has 1 aromatic carbocycles. The van der Waals surface area contributed by atoms with Crippen molar-refractivity contribution >= 4 is 22.2 Å². The second-order valence-electron chi connectivity index (χ2n) is 6.61. The second-order valence-corrected chi connectivity index (χ2v) is 7.60. The summed E-state index contributed by atoms with van der Waals surface area (Å²) in [5, 5.41) is 0. The summed E-state index contributed by atoms with van der Waals surface area (Å²) in [6.45, 7) is 9.22. The topological polar surface area (TPSA) is 17.1 Å². The Morgan fingerprint density at radius 3 is 2.22 bits per heavy atom. The lowest BCUT2D eigenvalue weighted by Crippen LogP contribution is -2.33. The highest BCUT2D eigenvalue weighted by molar-refractivity contribution is 9.09. The molecule has 1 atom stereocenters. The van der Waals surface area contributed by atoms with Crippen molar-refractivity contribution in [3.05, 3.63) is 34.9 Å². The van der Waals surface area contributed by atoms with E-state index in [1.165, 1.54) is 24.0 Å². The number of fused-ring (bicyclic) bond motifs is 1. The number of carbonyl (C=O) groups is 1. The Kier molecular flexibility index (Phi) is 3.44. The molecule has 1 aromatic rings. The third-order valence-corrected chi connectivity index (χ3v) is 5.06. The summed E-state index contributed by atoms with van der Waals surface area (Å²) in [4.78, 5) is 10.7. The zero-order valence-corrected chi connectivity index (χ0v) is 13.2. The van der Waals surface area contributed by atoms with Crippen molar-refractivity contribution in [2.75, 3.05) is 0 Å². The van der Waals surface area contributed by atoms with E-state index in [1.807, 2.05) is 0 Å². The molecule has 2 rings (SSSR count). The van der Waals surface area contributed by atoms with Gasteiger partial charge in [-0.2, -0.15) is 0 Å². The molecule has 0 radical (unpaired) electrons. The molecular formula is C16H21BrO. The van der Waals surface area contributed by atoms with E-state index in [0.29, 0.717) is 0 Å². The summed E-state index contributed by atoms with van der Waals surface area (Å²) in [6.07, 6.45) is 3.37. The Morgan fingerprint density at radius 1 is 1.11 bits per heavy atom. The molecule has 0 aromatic heterocycles. The Labute approximate surface area is 118 Å². The number of rotatable bonds is 2. The zero-order valence-electron chi connectivity index (χ0n) is 11.6. The fourth-order valence-corrected chi connectivity index (χ4v) is 3.14. The van der Waals surface area contributed by atoms with Crippen molar-refractivity contribution in [3.8, 4) is 0 Å². The van der Waals surface area contributed by atoms with Crippen molar-refractivity contribution in [2.24, 2.45) is 0 Å². The number of benzene rings is 1. The monoisotopic (exact) mass is 308 g/mol. The van der Waals surface area contributed by atoms with Gasteiger partial charge in [-0.25, -0.2) is 0 Å². The average Bonchev–Trinajstić information content (AvgIpc) is 2.34. The molecular weight excluding hydrogens is 288 g/mol. The summed E-state index contributed by atoms with van der Waals surface area (Å²) in [6, 6.07) is 6.50. The average molecular weight is 309 g/mol. The van der Waals surface area contributed by atoms with Gasteiger partial charge in [0, 0.05) is 0 Å². The number of aldehydes is 1. The highest BCUT2D eigenvalue weighted by Crippen LogP contribution is 2.46. The smallest absolute Gasteiger partial charge is 0.138 e. The summed E-state index contributed by atoms with van der Waals surface area (Å²) >= 11 is 3.41. The van der Waals surface area contributed by atoms with E-state index in [9.17, 15) is 4.79 Å². The van der Waals surface area contributed by atoms with Gasteiger partial charge in [0.2, 0.25) is 0 Å². The number of carbonyl (C=O) groups excluding carboxylic acids is 1. The minimum atomic E-state index is -0.191. The molecule has 0 amide bonds. The van der Waals surface area contributed by atoms with Gasteiger partial charge in [-0.3, -0.25) is 0 Å².